The molecule has 1 spiro atoms. The number of hydrogen-bond acceptors (Lipinski definition) is 3. The van der Waals surface area contributed by atoms with E-state index < -0.39 is 0 Å². The lowest BCUT2D eigenvalue weighted by Crippen LogP contribution is -2.51. The van der Waals surface area contributed by atoms with Gasteiger partial charge >= 0.3 is 0 Å². The predicted molar refractivity (Wildman–Crippen MR) is 122 cm³/mol. The van der Waals surface area contributed by atoms with Crippen molar-refractivity contribution >= 4 is 5.91 Å². The standard InChI is InChI=1S/C26H40N2O2/c1-20(2)18-27-25(29)16-22-17-26(30-24-11-7-6-10-23(22)24)12-14-28(15-13-26)19-21-8-4-3-5-9-21/h6-7,10-11,20-22H,3-5,8-9,12-19H2,1-2H3,(H,27,29). The van der Waals surface area contributed by atoms with Gasteiger partial charge in [-0.25, -0.2) is 0 Å². The van der Waals surface area contributed by atoms with Gasteiger partial charge in [0.25, 0.3) is 0 Å². The summed E-state index contributed by atoms with van der Waals surface area (Å²) in [5.41, 5.74) is 1.12. The van der Waals surface area contributed by atoms with Gasteiger partial charge in [0.15, 0.2) is 0 Å². The third-order valence-corrected chi connectivity index (χ3v) is 7.45. The summed E-state index contributed by atoms with van der Waals surface area (Å²) in [7, 11) is 0. The number of amides is 1. The lowest BCUT2D eigenvalue weighted by atomic mass is 9.76. The highest BCUT2D eigenvalue weighted by molar-refractivity contribution is 5.77. The maximum Gasteiger partial charge on any atom is 0.220 e. The zero-order chi connectivity index (χ0) is 21.0. The van der Waals surface area contributed by atoms with Crippen LogP contribution in [0.2, 0.25) is 0 Å². The molecule has 1 unspecified atom stereocenters. The molecule has 1 aliphatic carbocycles. The first-order valence-electron chi connectivity index (χ1n) is 12.3. The Morgan fingerprint density at radius 2 is 1.90 bits per heavy atom. The van der Waals surface area contributed by atoms with Crippen LogP contribution >= 0.6 is 0 Å². The number of rotatable bonds is 6. The number of likely N-dealkylation sites (tertiary alicyclic amines) is 1. The van der Waals surface area contributed by atoms with E-state index in [1.165, 1.54) is 44.2 Å². The van der Waals surface area contributed by atoms with Crippen LogP contribution in [-0.4, -0.2) is 42.6 Å². The Morgan fingerprint density at radius 1 is 1.17 bits per heavy atom. The molecule has 0 aromatic heterocycles. The molecule has 4 nitrogen and oxygen atoms in total. The Balaban J connectivity index is 1.39. The fourth-order valence-electron chi connectivity index (χ4n) is 5.72. The Hall–Kier alpha value is -1.55. The Morgan fingerprint density at radius 3 is 2.63 bits per heavy atom. The van der Waals surface area contributed by atoms with Gasteiger partial charge in [0, 0.05) is 38.5 Å². The zero-order valence-corrected chi connectivity index (χ0v) is 19.0. The van der Waals surface area contributed by atoms with Crippen LogP contribution in [0, 0.1) is 11.8 Å². The molecule has 1 amide bonds. The molecule has 1 atom stereocenters. The number of fused-ring (bicyclic) bond motifs is 1. The summed E-state index contributed by atoms with van der Waals surface area (Å²) in [5, 5.41) is 3.12. The largest absolute Gasteiger partial charge is 0.487 e. The highest BCUT2D eigenvalue weighted by Gasteiger charge is 2.43. The lowest BCUT2D eigenvalue weighted by Gasteiger charge is -2.47. The Labute approximate surface area is 182 Å². The molecule has 3 aliphatic rings. The molecule has 1 saturated heterocycles. The number of carbonyl (C=O) groups is 1. The van der Waals surface area contributed by atoms with E-state index in [1.807, 2.05) is 0 Å². The number of piperidine rings is 1. The topological polar surface area (TPSA) is 41.6 Å². The van der Waals surface area contributed by atoms with Crippen LogP contribution in [-0.2, 0) is 4.79 Å². The van der Waals surface area contributed by atoms with Crippen LogP contribution in [0.15, 0.2) is 24.3 Å². The molecule has 4 rings (SSSR count). The Bertz CT molecular complexity index is 703. The van der Waals surface area contributed by atoms with E-state index in [4.69, 9.17) is 4.74 Å². The second kappa shape index (κ2) is 9.72. The van der Waals surface area contributed by atoms with Crippen molar-refractivity contribution in [3.63, 3.8) is 0 Å². The molecule has 1 aromatic carbocycles. The minimum atomic E-state index is -0.0968. The van der Waals surface area contributed by atoms with E-state index in [9.17, 15) is 4.79 Å². The molecule has 4 heteroatoms. The number of ether oxygens (including phenoxy) is 1. The third-order valence-electron chi connectivity index (χ3n) is 7.45. The van der Waals surface area contributed by atoms with Crippen LogP contribution < -0.4 is 10.1 Å². The second-order valence-electron chi connectivity index (χ2n) is 10.4. The summed E-state index contributed by atoms with van der Waals surface area (Å²) < 4.78 is 6.65. The van der Waals surface area contributed by atoms with Gasteiger partial charge in [-0.3, -0.25) is 4.79 Å². The van der Waals surface area contributed by atoms with E-state index in [0.29, 0.717) is 12.3 Å². The molecule has 1 aromatic rings. The first kappa shape index (κ1) is 21.7. The van der Waals surface area contributed by atoms with Gasteiger partial charge in [-0.2, -0.15) is 0 Å². The molecular weight excluding hydrogens is 372 g/mol. The molecule has 0 radical (unpaired) electrons. The van der Waals surface area contributed by atoms with Crippen molar-refractivity contribution in [3.8, 4) is 5.75 Å². The maximum atomic E-state index is 12.6. The number of benzene rings is 1. The van der Waals surface area contributed by atoms with Crippen molar-refractivity contribution in [2.24, 2.45) is 11.8 Å². The lowest BCUT2D eigenvalue weighted by molar-refractivity contribution is -0.122. The van der Waals surface area contributed by atoms with Crippen molar-refractivity contribution < 1.29 is 9.53 Å². The fraction of sp³-hybridized carbons (Fsp3) is 0.731. The van der Waals surface area contributed by atoms with Gasteiger partial charge in [0.1, 0.15) is 11.4 Å². The third kappa shape index (κ3) is 5.38. The van der Waals surface area contributed by atoms with Crippen molar-refractivity contribution in [1.82, 2.24) is 10.2 Å². The van der Waals surface area contributed by atoms with Crippen LogP contribution in [0.1, 0.15) is 83.1 Å². The average Bonchev–Trinajstić information content (AvgIpc) is 2.75. The number of hydrogen-bond donors (Lipinski definition) is 1. The molecular formula is C26H40N2O2. The van der Waals surface area contributed by atoms with Crippen molar-refractivity contribution in [2.45, 2.75) is 83.2 Å². The summed E-state index contributed by atoms with van der Waals surface area (Å²) in [6.07, 6.45) is 10.8. The molecule has 2 heterocycles. The van der Waals surface area contributed by atoms with Crippen LogP contribution in [0.4, 0.5) is 0 Å². The van der Waals surface area contributed by atoms with E-state index in [1.54, 1.807) is 0 Å². The monoisotopic (exact) mass is 412 g/mol. The molecule has 166 valence electrons. The molecule has 0 bridgehead atoms. The van der Waals surface area contributed by atoms with Crippen molar-refractivity contribution in [3.05, 3.63) is 29.8 Å². The molecule has 2 fully saturated rings. The van der Waals surface area contributed by atoms with Gasteiger partial charge in [-0.15, -0.1) is 0 Å². The number of nitrogens with zero attached hydrogens (tertiary/aromatic N) is 1. The first-order valence-corrected chi connectivity index (χ1v) is 12.3. The molecule has 1 N–H and O–H groups in total. The minimum Gasteiger partial charge on any atom is -0.487 e. The van der Waals surface area contributed by atoms with Crippen molar-refractivity contribution in [1.29, 1.82) is 0 Å². The van der Waals surface area contributed by atoms with Gasteiger partial charge in [-0.1, -0.05) is 51.3 Å². The SMILES string of the molecule is CC(C)CNC(=O)CC1CC2(CCN(CC3CCCCC3)CC2)Oc2ccccc21. The maximum absolute atomic E-state index is 12.6. The van der Waals surface area contributed by atoms with Crippen molar-refractivity contribution in [2.75, 3.05) is 26.2 Å². The van der Waals surface area contributed by atoms with Crippen LogP contribution in [0.3, 0.4) is 0 Å². The van der Waals surface area contributed by atoms with Crippen LogP contribution in [0.5, 0.6) is 5.75 Å². The Kier molecular flexibility index (Phi) is 7.02. The first-order chi connectivity index (χ1) is 14.5. The zero-order valence-electron chi connectivity index (χ0n) is 19.0. The summed E-state index contributed by atoms with van der Waals surface area (Å²) in [6.45, 7) is 8.56. The van der Waals surface area contributed by atoms with Crippen LogP contribution in [0.25, 0.3) is 0 Å². The highest BCUT2D eigenvalue weighted by atomic mass is 16.5. The molecule has 30 heavy (non-hydrogen) atoms. The quantitative estimate of drug-likeness (QED) is 0.704. The smallest absolute Gasteiger partial charge is 0.220 e. The number of nitrogens with one attached hydrogen (secondary N) is 1. The van der Waals surface area contributed by atoms with E-state index in [0.717, 1.165) is 50.6 Å². The number of carbonyl (C=O) groups excluding carboxylic acids is 1. The normalized spacial score (nSPS) is 24.4. The summed E-state index contributed by atoms with van der Waals surface area (Å²) >= 11 is 0. The summed E-state index contributed by atoms with van der Waals surface area (Å²) in [4.78, 5) is 15.3. The summed E-state index contributed by atoms with van der Waals surface area (Å²) in [5.74, 6) is 2.82. The van der Waals surface area contributed by atoms with E-state index in [-0.39, 0.29) is 17.4 Å². The second-order valence-corrected chi connectivity index (χ2v) is 10.4. The van der Waals surface area contributed by atoms with E-state index >= 15 is 0 Å². The van der Waals surface area contributed by atoms with E-state index in [2.05, 4.69) is 48.3 Å². The minimum absolute atomic E-state index is 0.0968. The molecule has 1 saturated carbocycles. The fourth-order valence-corrected chi connectivity index (χ4v) is 5.72. The van der Waals surface area contributed by atoms with Gasteiger partial charge in [0.2, 0.25) is 5.91 Å². The number of para-hydroxylation sites is 1. The average molecular weight is 413 g/mol. The molecule has 2 aliphatic heterocycles. The predicted octanol–water partition coefficient (Wildman–Crippen LogP) is 5.13. The highest BCUT2D eigenvalue weighted by Crippen LogP contribution is 2.46. The van der Waals surface area contributed by atoms with Gasteiger partial charge in [-0.05, 0) is 55.6 Å². The van der Waals surface area contributed by atoms with Gasteiger partial charge in [0.05, 0.1) is 0 Å². The van der Waals surface area contributed by atoms with Gasteiger partial charge < -0.3 is 15.0 Å². The summed E-state index contributed by atoms with van der Waals surface area (Å²) in [6, 6.07) is 8.39.